The number of aliphatic hydroxyl groups is 1. The van der Waals surface area contributed by atoms with Gasteiger partial charge in [0.05, 0.1) is 24.8 Å². The third kappa shape index (κ3) is 7.44. The van der Waals surface area contributed by atoms with Crippen LogP contribution in [0.3, 0.4) is 0 Å². The van der Waals surface area contributed by atoms with Crippen LogP contribution in [0.2, 0.25) is 0 Å². The van der Waals surface area contributed by atoms with Crippen molar-refractivity contribution < 1.29 is 24.2 Å². The summed E-state index contributed by atoms with van der Waals surface area (Å²) >= 11 is 0. The predicted octanol–water partition coefficient (Wildman–Crippen LogP) is 4.40. The molecule has 1 aliphatic heterocycles. The number of aliphatic hydroxyl groups excluding tert-OH is 1. The van der Waals surface area contributed by atoms with Gasteiger partial charge in [0.1, 0.15) is 11.9 Å². The first-order valence-electron chi connectivity index (χ1n) is 14.8. The number of carbonyl (C=O) groups excluding carboxylic acids is 3. The summed E-state index contributed by atoms with van der Waals surface area (Å²) in [7, 11) is 1.77. The van der Waals surface area contributed by atoms with Crippen LogP contribution in [-0.4, -0.2) is 77.7 Å². The van der Waals surface area contributed by atoms with E-state index >= 15 is 0 Å². The maximum absolute atomic E-state index is 13.7. The molecule has 2 saturated carbocycles. The molecule has 0 spiro atoms. The molecule has 1 aromatic rings. The van der Waals surface area contributed by atoms with E-state index in [4.69, 9.17) is 4.74 Å². The Balaban J connectivity index is 1.53. The molecule has 0 radical (unpaired) electrons. The Morgan fingerprint density at radius 3 is 2.44 bits per heavy atom. The minimum absolute atomic E-state index is 0.000792. The predicted molar refractivity (Wildman–Crippen MR) is 151 cm³/mol. The van der Waals surface area contributed by atoms with Crippen LogP contribution in [-0.2, 0) is 4.79 Å². The zero-order chi connectivity index (χ0) is 27.9. The van der Waals surface area contributed by atoms with Crippen molar-refractivity contribution in [3.63, 3.8) is 0 Å². The number of urea groups is 1. The third-order valence-corrected chi connectivity index (χ3v) is 8.64. The zero-order valence-corrected chi connectivity index (χ0v) is 23.8. The van der Waals surface area contributed by atoms with Gasteiger partial charge in [-0.1, -0.05) is 45.4 Å². The van der Waals surface area contributed by atoms with Crippen molar-refractivity contribution in [3.8, 4) is 5.75 Å². The van der Waals surface area contributed by atoms with Crippen LogP contribution in [0.1, 0.15) is 88.4 Å². The summed E-state index contributed by atoms with van der Waals surface area (Å²) in [6, 6.07) is 4.90. The molecule has 0 saturated heterocycles. The van der Waals surface area contributed by atoms with Gasteiger partial charge in [0.15, 0.2) is 0 Å². The Kier molecular flexibility index (Phi) is 10.1. The monoisotopic (exact) mass is 542 g/mol. The summed E-state index contributed by atoms with van der Waals surface area (Å²) in [5, 5.41) is 16.1. The molecular weight excluding hydrogens is 496 g/mol. The van der Waals surface area contributed by atoms with Crippen molar-refractivity contribution in [2.24, 2.45) is 11.8 Å². The summed E-state index contributed by atoms with van der Waals surface area (Å²) in [4.78, 5) is 42.8. The van der Waals surface area contributed by atoms with Crippen LogP contribution in [0.4, 0.5) is 10.5 Å². The fourth-order valence-corrected chi connectivity index (χ4v) is 6.01. The Bertz CT molecular complexity index is 1010. The summed E-state index contributed by atoms with van der Waals surface area (Å²) in [5.41, 5.74) is 0.912. The molecule has 9 heteroatoms. The van der Waals surface area contributed by atoms with Crippen molar-refractivity contribution in [2.75, 3.05) is 32.1 Å². The second-order valence-corrected chi connectivity index (χ2v) is 11.8. The lowest BCUT2D eigenvalue weighted by Crippen LogP contribution is -2.52. The van der Waals surface area contributed by atoms with Crippen molar-refractivity contribution >= 4 is 23.5 Å². The molecule has 0 unspecified atom stereocenters. The molecule has 3 aliphatic rings. The molecule has 0 aromatic heterocycles. The van der Waals surface area contributed by atoms with E-state index in [2.05, 4.69) is 10.6 Å². The van der Waals surface area contributed by atoms with Crippen LogP contribution in [0.15, 0.2) is 18.2 Å². The molecule has 9 nitrogen and oxygen atoms in total. The molecule has 39 heavy (non-hydrogen) atoms. The van der Waals surface area contributed by atoms with Crippen molar-refractivity contribution in [3.05, 3.63) is 23.8 Å². The Labute approximate surface area is 232 Å². The molecule has 216 valence electrons. The van der Waals surface area contributed by atoms with Gasteiger partial charge in [0, 0.05) is 37.2 Å². The lowest BCUT2D eigenvalue weighted by molar-refractivity contribution is -0.120. The highest BCUT2D eigenvalue weighted by atomic mass is 16.5. The highest BCUT2D eigenvalue weighted by Crippen LogP contribution is 2.32. The standard InChI is InChI=1S/C30H46N4O5/c1-20-17-34(21(2)19-35)29(37)25-16-24(31-28(36)22-10-6-4-7-11-22)14-15-26(25)39-27(20)18-33(3)30(38)32-23-12-8-5-9-13-23/h14-16,20-23,27,35H,4-13,17-19H2,1-3H3,(H,31,36)(H,32,38)/t20-,21+,27-/m1/s1. The van der Waals surface area contributed by atoms with Crippen LogP contribution in [0.25, 0.3) is 0 Å². The minimum Gasteiger partial charge on any atom is -0.487 e. The van der Waals surface area contributed by atoms with E-state index in [1.807, 2.05) is 13.8 Å². The molecule has 4 rings (SSSR count). The van der Waals surface area contributed by atoms with E-state index in [-0.39, 0.29) is 54.5 Å². The molecule has 3 atom stereocenters. The number of nitrogens with zero attached hydrogens (tertiary/aromatic N) is 2. The van der Waals surface area contributed by atoms with Gasteiger partial charge in [0.25, 0.3) is 5.91 Å². The number of fused-ring (bicyclic) bond motifs is 1. The molecule has 1 aromatic carbocycles. The van der Waals surface area contributed by atoms with Gasteiger partial charge in [-0.3, -0.25) is 9.59 Å². The topological polar surface area (TPSA) is 111 Å². The maximum Gasteiger partial charge on any atom is 0.317 e. The van der Waals surface area contributed by atoms with E-state index in [1.54, 1.807) is 35.0 Å². The molecule has 3 N–H and O–H groups in total. The SMILES string of the molecule is C[C@@H]1CN([C@@H](C)CO)C(=O)c2cc(NC(=O)C3CCCCC3)ccc2O[C@@H]1CN(C)C(=O)NC1CCCCC1. The Morgan fingerprint density at radius 1 is 1.10 bits per heavy atom. The molecule has 2 aliphatic carbocycles. The maximum atomic E-state index is 13.7. The quantitative estimate of drug-likeness (QED) is 0.473. The number of nitrogens with one attached hydrogen (secondary N) is 2. The van der Waals surface area contributed by atoms with E-state index in [0.29, 0.717) is 30.1 Å². The summed E-state index contributed by atoms with van der Waals surface area (Å²) in [5.74, 6) is 0.0786. The minimum atomic E-state index is -0.389. The number of hydrogen-bond donors (Lipinski definition) is 3. The largest absolute Gasteiger partial charge is 0.487 e. The van der Waals surface area contributed by atoms with E-state index in [9.17, 15) is 19.5 Å². The van der Waals surface area contributed by atoms with Gasteiger partial charge in [-0.15, -0.1) is 0 Å². The van der Waals surface area contributed by atoms with Gasteiger partial charge >= 0.3 is 6.03 Å². The first-order chi connectivity index (χ1) is 18.8. The number of likely N-dealkylation sites (N-methyl/N-ethyl adjacent to an activating group) is 1. The van der Waals surface area contributed by atoms with Gasteiger partial charge in [-0.05, 0) is 50.8 Å². The number of hydrogen-bond acceptors (Lipinski definition) is 5. The number of ether oxygens (including phenoxy) is 1. The highest BCUT2D eigenvalue weighted by Gasteiger charge is 2.34. The smallest absolute Gasteiger partial charge is 0.317 e. The number of amides is 4. The molecule has 0 bridgehead atoms. The zero-order valence-electron chi connectivity index (χ0n) is 23.8. The summed E-state index contributed by atoms with van der Waals surface area (Å²) in [6.45, 7) is 4.39. The first-order valence-corrected chi connectivity index (χ1v) is 14.8. The molecule has 4 amide bonds. The van der Waals surface area contributed by atoms with Crippen LogP contribution < -0.4 is 15.4 Å². The molecule has 1 heterocycles. The lowest BCUT2D eigenvalue weighted by atomic mass is 9.88. The number of carbonyl (C=O) groups is 3. The Morgan fingerprint density at radius 2 is 1.77 bits per heavy atom. The van der Waals surface area contributed by atoms with Gasteiger partial charge < -0.3 is 30.3 Å². The number of anilines is 1. The van der Waals surface area contributed by atoms with Crippen molar-refractivity contribution in [1.29, 1.82) is 0 Å². The Hall–Kier alpha value is -2.81. The molecule has 2 fully saturated rings. The average Bonchev–Trinajstić information content (AvgIpc) is 2.95. The van der Waals surface area contributed by atoms with E-state index in [1.165, 1.54) is 12.8 Å². The van der Waals surface area contributed by atoms with E-state index in [0.717, 1.165) is 51.4 Å². The third-order valence-electron chi connectivity index (χ3n) is 8.64. The average molecular weight is 543 g/mol. The number of benzene rings is 1. The normalized spacial score (nSPS) is 23.6. The van der Waals surface area contributed by atoms with Gasteiger partial charge in [0.2, 0.25) is 5.91 Å². The van der Waals surface area contributed by atoms with Crippen molar-refractivity contribution in [1.82, 2.24) is 15.1 Å². The van der Waals surface area contributed by atoms with E-state index < -0.39 is 0 Å². The fourth-order valence-electron chi connectivity index (χ4n) is 6.01. The molecular formula is C30H46N4O5. The van der Waals surface area contributed by atoms with Crippen LogP contribution in [0.5, 0.6) is 5.75 Å². The van der Waals surface area contributed by atoms with Crippen molar-refractivity contribution in [2.45, 2.75) is 96.2 Å². The van der Waals surface area contributed by atoms with Gasteiger partial charge in [-0.25, -0.2) is 4.79 Å². The summed E-state index contributed by atoms with van der Waals surface area (Å²) in [6.07, 6.45) is 10.3. The second-order valence-electron chi connectivity index (χ2n) is 11.8. The first kappa shape index (κ1) is 29.2. The highest BCUT2D eigenvalue weighted by molar-refractivity contribution is 6.00. The van der Waals surface area contributed by atoms with Crippen LogP contribution >= 0.6 is 0 Å². The van der Waals surface area contributed by atoms with Crippen LogP contribution in [0, 0.1) is 11.8 Å². The summed E-state index contributed by atoms with van der Waals surface area (Å²) < 4.78 is 6.42. The number of rotatable bonds is 7. The fraction of sp³-hybridized carbons (Fsp3) is 0.700. The lowest BCUT2D eigenvalue weighted by Gasteiger charge is -2.38. The second kappa shape index (κ2) is 13.5. The van der Waals surface area contributed by atoms with Gasteiger partial charge in [-0.2, -0.15) is 0 Å².